The first-order chi connectivity index (χ1) is 7.79. The molecule has 3 nitrogen and oxygen atoms in total. The van der Waals surface area contributed by atoms with Crippen molar-refractivity contribution >= 4 is 5.91 Å². The molecule has 1 aliphatic rings. The number of ether oxygens (including phenoxy) is 1. The molecule has 0 aromatic heterocycles. The van der Waals surface area contributed by atoms with E-state index in [0.717, 1.165) is 12.8 Å². The quantitative estimate of drug-likeness (QED) is 0.830. The van der Waals surface area contributed by atoms with Gasteiger partial charge in [-0.15, -0.1) is 0 Å². The van der Waals surface area contributed by atoms with Gasteiger partial charge in [0.2, 0.25) is 5.91 Å². The molecule has 0 radical (unpaired) electrons. The second kappa shape index (κ2) is 5.12. The van der Waals surface area contributed by atoms with Crippen LogP contribution in [0, 0.1) is 5.92 Å². The molecule has 1 aromatic rings. The van der Waals surface area contributed by atoms with Gasteiger partial charge >= 0.3 is 0 Å². The third-order valence-electron chi connectivity index (χ3n) is 2.98. The molecule has 0 spiro atoms. The van der Waals surface area contributed by atoms with Crippen molar-refractivity contribution in [3.8, 4) is 0 Å². The zero-order chi connectivity index (χ0) is 11.4. The highest BCUT2D eigenvalue weighted by Gasteiger charge is 2.31. The lowest BCUT2D eigenvalue weighted by atomic mass is 9.96. The van der Waals surface area contributed by atoms with Crippen LogP contribution in [0.1, 0.15) is 12.0 Å². The molecule has 1 heterocycles. The van der Waals surface area contributed by atoms with E-state index in [2.05, 4.69) is 17.4 Å². The predicted octanol–water partition coefficient (Wildman–Crippen LogP) is 1.38. The van der Waals surface area contributed by atoms with Crippen LogP contribution in [0.5, 0.6) is 0 Å². The van der Waals surface area contributed by atoms with Gasteiger partial charge in [0, 0.05) is 13.0 Å². The van der Waals surface area contributed by atoms with Crippen LogP contribution in [0.2, 0.25) is 0 Å². The van der Waals surface area contributed by atoms with Crippen LogP contribution < -0.4 is 5.32 Å². The fourth-order valence-corrected chi connectivity index (χ4v) is 2.21. The summed E-state index contributed by atoms with van der Waals surface area (Å²) >= 11 is 0. The molecule has 3 heteroatoms. The summed E-state index contributed by atoms with van der Waals surface area (Å²) in [5.74, 6) is 0.258. The molecule has 86 valence electrons. The maximum atomic E-state index is 11.7. The molecular weight excluding hydrogens is 202 g/mol. The molecule has 1 N–H and O–H groups in total. The summed E-state index contributed by atoms with van der Waals surface area (Å²) in [6.45, 7) is 0.608. The average molecular weight is 219 g/mol. The van der Waals surface area contributed by atoms with Crippen LogP contribution in [0.15, 0.2) is 30.3 Å². The smallest absolute Gasteiger partial charge is 0.223 e. The molecule has 1 fully saturated rings. The highest BCUT2D eigenvalue weighted by atomic mass is 16.5. The van der Waals surface area contributed by atoms with E-state index in [9.17, 15) is 4.79 Å². The molecule has 16 heavy (non-hydrogen) atoms. The molecule has 0 unspecified atom stereocenters. The topological polar surface area (TPSA) is 38.3 Å². The summed E-state index contributed by atoms with van der Waals surface area (Å²) in [4.78, 5) is 11.7. The lowest BCUT2D eigenvalue weighted by Crippen LogP contribution is -2.29. The number of hydrogen-bond donors (Lipinski definition) is 1. The zero-order valence-corrected chi connectivity index (χ0v) is 9.48. The third-order valence-corrected chi connectivity index (χ3v) is 2.98. The van der Waals surface area contributed by atoms with Crippen molar-refractivity contribution in [2.75, 3.05) is 13.7 Å². The van der Waals surface area contributed by atoms with Gasteiger partial charge in [-0.25, -0.2) is 0 Å². The van der Waals surface area contributed by atoms with E-state index in [-0.39, 0.29) is 17.9 Å². The Kier molecular flexibility index (Phi) is 3.57. The highest BCUT2D eigenvalue weighted by Crippen LogP contribution is 2.20. The van der Waals surface area contributed by atoms with E-state index in [1.54, 1.807) is 7.11 Å². The van der Waals surface area contributed by atoms with Gasteiger partial charge in [0.25, 0.3) is 0 Å². The molecule has 1 aliphatic heterocycles. The minimum Gasteiger partial charge on any atom is -0.383 e. The van der Waals surface area contributed by atoms with Crippen molar-refractivity contribution in [2.24, 2.45) is 5.92 Å². The van der Waals surface area contributed by atoms with Gasteiger partial charge in [0.1, 0.15) is 0 Å². The van der Waals surface area contributed by atoms with Crippen LogP contribution >= 0.6 is 0 Å². The number of carbonyl (C=O) groups is 1. The maximum Gasteiger partial charge on any atom is 0.223 e. The summed E-state index contributed by atoms with van der Waals surface area (Å²) in [6, 6.07) is 10.3. The summed E-state index contributed by atoms with van der Waals surface area (Å²) in [6.07, 6.45) is 1.70. The van der Waals surface area contributed by atoms with Crippen molar-refractivity contribution < 1.29 is 9.53 Å². The first-order valence-corrected chi connectivity index (χ1v) is 5.63. The molecule has 1 saturated heterocycles. The Morgan fingerprint density at radius 2 is 2.12 bits per heavy atom. The summed E-state index contributed by atoms with van der Waals surface area (Å²) in [5.41, 5.74) is 1.22. The number of carbonyl (C=O) groups excluding carboxylic acids is 1. The lowest BCUT2D eigenvalue weighted by molar-refractivity contribution is -0.122. The number of rotatable bonds is 4. The van der Waals surface area contributed by atoms with Crippen LogP contribution in [0.25, 0.3) is 0 Å². The average Bonchev–Trinajstić information content (AvgIpc) is 2.61. The summed E-state index contributed by atoms with van der Waals surface area (Å²) < 4.78 is 5.06. The Balaban J connectivity index is 1.94. The molecule has 1 aromatic carbocycles. The number of hydrogen-bond acceptors (Lipinski definition) is 2. The zero-order valence-electron chi connectivity index (χ0n) is 9.48. The van der Waals surface area contributed by atoms with Crippen LogP contribution in [0.3, 0.4) is 0 Å². The van der Waals surface area contributed by atoms with E-state index < -0.39 is 0 Å². The lowest BCUT2D eigenvalue weighted by Gasteiger charge is -2.07. The molecule has 2 rings (SSSR count). The molecule has 1 amide bonds. The van der Waals surface area contributed by atoms with E-state index in [4.69, 9.17) is 4.74 Å². The van der Waals surface area contributed by atoms with Crippen LogP contribution in [-0.2, 0) is 16.0 Å². The predicted molar refractivity (Wildman–Crippen MR) is 62.1 cm³/mol. The van der Waals surface area contributed by atoms with Crippen molar-refractivity contribution in [2.45, 2.75) is 18.9 Å². The number of benzene rings is 1. The molecule has 0 saturated carbocycles. The Morgan fingerprint density at radius 1 is 1.38 bits per heavy atom. The van der Waals surface area contributed by atoms with E-state index in [1.165, 1.54) is 5.56 Å². The van der Waals surface area contributed by atoms with Gasteiger partial charge < -0.3 is 10.1 Å². The SMILES string of the molecule is COC[C@H]1C[C@@H](Cc2ccccc2)C(=O)N1. The van der Waals surface area contributed by atoms with Crippen molar-refractivity contribution in [3.05, 3.63) is 35.9 Å². The minimum absolute atomic E-state index is 0.0996. The normalized spacial score (nSPS) is 24.4. The van der Waals surface area contributed by atoms with Gasteiger partial charge in [0.15, 0.2) is 0 Å². The van der Waals surface area contributed by atoms with E-state index in [0.29, 0.717) is 6.61 Å². The van der Waals surface area contributed by atoms with Crippen LogP contribution in [0.4, 0.5) is 0 Å². The van der Waals surface area contributed by atoms with Gasteiger partial charge in [-0.05, 0) is 18.4 Å². The molecule has 2 atom stereocenters. The first kappa shape index (κ1) is 11.1. The number of nitrogens with one attached hydrogen (secondary N) is 1. The standard InChI is InChI=1S/C13H17NO2/c1-16-9-12-8-11(13(15)14-12)7-10-5-3-2-4-6-10/h2-6,11-12H,7-9H2,1H3,(H,14,15)/t11-,12-/m1/s1. The van der Waals surface area contributed by atoms with Gasteiger partial charge in [0.05, 0.1) is 12.6 Å². The molecule has 0 aliphatic carbocycles. The van der Waals surface area contributed by atoms with Gasteiger partial charge in [-0.2, -0.15) is 0 Å². The number of amides is 1. The minimum atomic E-state index is 0.0996. The fourth-order valence-electron chi connectivity index (χ4n) is 2.21. The maximum absolute atomic E-state index is 11.7. The van der Waals surface area contributed by atoms with Crippen molar-refractivity contribution in [1.82, 2.24) is 5.32 Å². The van der Waals surface area contributed by atoms with Crippen molar-refractivity contribution in [1.29, 1.82) is 0 Å². The first-order valence-electron chi connectivity index (χ1n) is 5.63. The van der Waals surface area contributed by atoms with E-state index >= 15 is 0 Å². The summed E-state index contributed by atoms with van der Waals surface area (Å²) in [7, 11) is 1.66. The van der Waals surface area contributed by atoms with Gasteiger partial charge in [-0.3, -0.25) is 4.79 Å². The third kappa shape index (κ3) is 2.61. The second-order valence-electron chi connectivity index (χ2n) is 4.28. The monoisotopic (exact) mass is 219 g/mol. The number of methoxy groups -OCH3 is 1. The molecular formula is C13H17NO2. The Hall–Kier alpha value is -1.35. The van der Waals surface area contributed by atoms with Crippen LogP contribution in [-0.4, -0.2) is 25.7 Å². The second-order valence-corrected chi connectivity index (χ2v) is 4.28. The Bertz CT molecular complexity index is 350. The Labute approximate surface area is 95.8 Å². The van der Waals surface area contributed by atoms with E-state index in [1.807, 2.05) is 18.2 Å². The van der Waals surface area contributed by atoms with Gasteiger partial charge in [-0.1, -0.05) is 30.3 Å². The molecule has 0 bridgehead atoms. The summed E-state index contributed by atoms with van der Waals surface area (Å²) in [5, 5.41) is 2.96. The fraction of sp³-hybridized carbons (Fsp3) is 0.462. The largest absolute Gasteiger partial charge is 0.383 e. The van der Waals surface area contributed by atoms with Crippen molar-refractivity contribution in [3.63, 3.8) is 0 Å². The Morgan fingerprint density at radius 3 is 2.81 bits per heavy atom. The highest BCUT2D eigenvalue weighted by molar-refractivity contribution is 5.81.